The zero-order valence-corrected chi connectivity index (χ0v) is 9.83. The van der Waals surface area contributed by atoms with E-state index in [4.69, 9.17) is 0 Å². The Morgan fingerprint density at radius 3 is 2.67 bits per heavy atom. The molecule has 1 unspecified atom stereocenters. The Balaban J connectivity index is 1.73. The lowest BCUT2D eigenvalue weighted by Gasteiger charge is -2.27. The van der Waals surface area contributed by atoms with Gasteiger partial charge in [-0.2, -0.15) is 0 Å². The van der Waals surface area contributed by atoms with E-state index in [0.717, 1.165) is 25.4 Å². The van der Waals surface area contributed by atoms with Gasteiger partial charge in [-0.05, 0) is 33.1 Å². The van der Waals surface area contributed by atoms with Crippen LogP contribution in [0.3, 0.4) is 0 Å². The molecule has 1 atom stereocenters. The summed E-state index contributed by atoms with van der Waals surface area (Å²) in [5.74, 6) is 0.377. The van der Waals surface area contributed by atoms with Gasteiger partial charge in [0.2, 0.25) is 0 Å². The van der Waals surface area contributed by atoms with Crippen molar-refractivity contribution >= 4 is 5.78 Å². The van der Waals surface area contributed by atoms with Gasteiger partial charge in [0.25, 0.3) is 0 Å². The topological polar surface area (TPSA) is 32.3 Å². The first-order valence-corrected chi connectivity index (χ1v) is 6.17. The van der Waals surface area contributed by atoms with Crippen LogP contribution in [0.25, 0.3) is 0 Å². The average Bonchev–Trinajstić information content (AvgIpc) is 2.90. The van der Waals surface area contributed by atoms with Gasteiger partial charge in [-0.25, -0.2) is 0 Å². The van der Waals surface area contributed by atoms with Gasteiger partial charge in [-0.3, -0.25) is 9.69 Å². The first-order chi connectivity index (χ1) is 7.16. The lowest BCUT2D eigenvalue weighted by Crippen LogP contribution is -2.36. The van der Waals surface area contributed by atoms with Crippen molar-refractivity contribution in [1.82, 2.24) is 10.2 Å². The van der Waals surface area contributed by atoms with Gasteiger partial charge < -0.3 is 5.32 Å². The predicted octanol–water partition coefficient (Wildman–Crippen LogP) is 1.18. The maximum absolute atomic E-state index is 11.1. The van der Waals surface area contributed by atoms with E-state index in [9.17, 15) is 4.79 Å². The van der Waals surface area contributed by atoms with E-state index in [2.05, 4.69) is 24.1 Å². The van der Waals surface area contributed by atoms with Crippen molar-refractivity contribution in [3.8, 4) is 0 Å². The number of rotatable bonds is 5. The molecule has 1 N–H and O–H groups in total. The first kappa shape index (κ1) is 11.1. The SMILES string of the molecule is CC(C)N(CCC1CC(=O)CN1)C1CC1. The van der Waals surface area contributed by atoms with Crippen LogP contribution in [-0.2, 0) is 4.79 Å². The molecule has 0 aromatic rings. The van der Waals surface area contributed by atoms with E-state index >= 15 is 0 Å². The third-order valence-corrected chi connectivity index (χ3v) is 3.48. The van der Waals surface area contributed by atoms with Crippen LogP contribution in [0, 0.1) is 0 Å². The maximum Gasteiger partial charge on any atom is 0.148 e. The van der Waals surface area contributed by atoms with Crippen LogP contribution in [0.5, 0.6) is 0 Å². The molecule has 2 fully saturated rings. The molecular formula is C12H22N2O. The minimum Gasteiger partial charge on any atom is -0.307 e. The van der Waals surface area contributed by atoms with Gasteiger partial charge in [0, 0.05) is 31.1 Å². The third-order valence-electron chi connectivity index (χ3n) is 3.48. The summed E-state index contributed by atoms with van der Waals surface area (Å²) >= 11 is 0. The molecular weight excluding hydrogens is 188 g/mol. The minimum atomic E-state index is 0.377. The summed E-state index contributed by atoms with van der Waals surface area (Å²) in [6.45, 7) is 6.28. The Hall–Kier alpha value is -0.410. The minimum absolute atomic E-state index is 0.377. The summed E-state index contributed by atoms with van der Waals surface area (Å²) in [6.07, 6.45) is 4.61. The normalized spacial score (nSPS) is 26.9. The summed E-state index contributed by atoms with van der Waals surface area (Å²) in [6, 6.07) is 1.93. The number of nitrogens with one attached hydrogen (secondary N) is 1. The van der Waals surface area contributed by atoms with Crippen LogP contribution in [0.4, 0.5) is 0 Å². The van der Waals surface area contributed by atoms with E-state index in [0.29, 0.717) is 24.4 Å². The fraction of sp³-hybridized carbons (Fsp3) is 0.917. The highest BCUT2D eigenvalue weighted by atomic mass is 16.1. The molecule has 0 aromatic heterocycles. The number of nitrogens with zero attached hydrogens (tertiary/aromatic N) is 1. The van der Waals surface area contributed by atoms with Crippen molar-refractivity contribution in [2.24, 2.45) is 0 Å². The smallest absolute Gasteiger partial charge is 0.148 e. The van der Waals surface area contributed by atoms with Gasteiger partial charge in [0.15, 0.2) is 0 Å². The van der Waals surface area contributed by atoms with Gasteiger partial charge in [-0.15, -0.1) is 0 Å². The lowest BCUT2D eigenvalue weighted by atomic mass is 10.1. The lowest BCUT2D eigenvalue weighted by molar-refractivity contribution is -0.116. The van der Waals surface area contributed by atoms with Crippen molar-refractivity contribution < 1.29 is 4.79 Å². The zero-order valence-electron chi connectivity index (χ0n) is 9.83. The molecule has 1 heterocycles. The molecule has 1 saturated carbocycles. The van der Waals surface area contributed by atoms with E-state index < -0.39 is 0 Å². The summed E-state index contributed by atoms with van der Waals surface area (Å²) < 4.78 is 0. The Morgan fingerprint density at radius 2 is 2.20 bits per heavy atom. The second kappa shape index (κ2) is 4.62. The average molecular weight is 210 g/mol. The highest BCUT2D eigenvalue weighted by Crippen LogP contribution is 2.28. The Kier molecular flexibility index (Phi) is 3.42. The highest BCUT2D eigenvalue weighted by Gasteiger charge is 2.31. The summed E-state index contributed by atoms with van der Waals surface area (Å²) in [4.78, 5) is 13.7. The van der Waals surface area contributed by atoms with Crippen LogP contribution in [0.2, 0.25) is 0 Å². The molecule has 1 saturated heterocycles. The van der Waals surface area contributed by atoms with Gasteiger partial charge in [-0.1, -0.05) is 0 Å². The van der Waals surface area contributed by atoms with E-state index in [-0.39, 0.29) is 0 Å². The number of ketones is 1. The van der Waals surface area contributed by atoms with Crippen molar-refractivity contribution in [1.29, 1.82) is 0 Å². The molecule has 86 valence electrons. The number of hydrogen-bond acceptors (Lipinski definition) is 3. The Bertz CT molecular complexity index is 234. The van der Waals surface area contributed by atoms with E-state index in [1.165, 1.54) is 12.8 Å². The number of carbonyl (C=O) groups is 1. The van der Waals surface area contributed by atoms with Crippen molar-refractivity contribution in [2.45, 2.75) is 57.7 Å². The summed E-state index contributed by atoms with van der Waals surface area (Å²) in [5, 5.41) is 3.28. The summed E-state index contributed by atoms with van der Waals surface area (Å²) in [5.41, 5.74) is 0. The standard InChI is InChI=1S/C12H22N2O/c1-9(2)14(11-3-4-11)6-5-10-7-12(15)8-13-10/h9-11,13H,3-8H2,1-2H3. The number of Topliss-reactive ketones (excluding diaryl/α,β-unsaturated/α-hetero) is 1. The van der Waals surface area contributed by atoms with Crippen molar-refractivity contribution in [2.75, 3.05) is 13.1 Å². The molecule has 3 nitrogen and oxygen atoms in total. The molecule has 0 bridgehead atoms. The molecule has 2 rings (SSSR count). The number of carbonyl (C=O) groups excluding carboxylic acids is 1. The fourth-order valence-corrected chi connectivity index (χ4v) is 2.45. The molecule has 0 spiro atoms. The molecule has 2 aliphatic rings. The molecule has 0 aromatic carbocycles. The fourth-order valence-electron chi connectivity index (χ4n) is 2.45. The first-order valence-electron chi connectivity index (χ1n) is 6.17. The van der Waals surface area contributed by atoms with Gasteiger partial charge in [0.05, 0.1) is 6.54 Å². The van der Waals surface area contributed by atoms with E-state index in [1.54, 1.807) is 0 Å². The van der Waals surface area contributed by atoms with Crippen LogP contribution in [0.15, 0.2) is 0 Å². The second-order valence-electron chi connectivity index (χ2n) is 5.17. The quantitative estimate of drug-likeness (QED) is 0.739. The summed E-state index contributed by atoms with van der Waals surface area (Å²) in [7, 11) is 0. The third kappa shape index (κ3) is 3.02. The molecule has 1 aliphatic carbocycles. The highest BCUT2D eigenvalue weighted by molar-refractivity contribution is 5.83. The Labute approximate surface area is 92.2 Å². The van der Waals surface area contributed by atoms with E-state index in [1.807, 2.05) is 0 Å². The van der Waals surface area contributed by atoms with Crippen LogP contribution in [-0.4, -0.2) is 41.9 Å². The molecule has 0 amide bonds. The molecule has 1 aliphatic heterocycles. The van der Waals surface area contributed by atoms with Crippen molar-refractivity contribution in [3.63, 3.8) is 0 Å². The predicted molar refractivity (Wildman–Crippen MR) is 60.9 cm³/mol. The van der Waals surface area contributed by atoms with Crippen LogP contribution >= 0.6 is 0 Å². The largest absolute Gasteiger partial charge is 0.307 e. The Morgan fingerprint density at radius 1 is 1.47 bits per heavy atom. The van der Waals surface area contributed by atoms with Crippen LogP contribution in [0.1, 0.15) is 39.5 Å². The molecule has 3 heteroatoms. The van der Waals surface area contributed by atoms with Crippen LogP contribution < -0.4 is 5.32 Å². The number of hydrogen-bond donors (Lipinski definition) is 1. The molecule has 0 radical (unpaired) electrons. The monoisotopic (exact) mass is 210 g/mol. The van der Waals surface area contributed by atoms with Crippen molar-refractivity contribution in [3.05, 3.63) is 0 Å². The molecule has 15 heavy (non-hydrogen) atoms. The second-order valence-corrected chi connectivity index (χ2v) is 5.17. The van der Waals surface area contributed by atoms with Gasteiger partial charge >= 0.3 is 0 Å². The van der Waals surface area contributed by atoms with Gasteiger partial charge in [0.1, 0.15) is 5.78 Å². The maximum atomic E-state index is 11.1. The zero-order chi connectivity index (χ0) is 10.8.